The Labute approximate surface area is 108 Å². The van der Waals surface area contributed by atoms with E-state index in [4.69, 9.17) is 4.42 Å². The van der Waals surface area contributed by atoms with Gasteiger partial charge in [-0.25, -0.2) is 0 Å². The quantitative estimate of drug-likeness (QED) is 0.926. The predicted molar refractivity (Wildman–Crippen MR) is 71.0 cm³/mol. The summed E-state index contributed by atoms with van der Waals surface area (Å²) in [5.41, 5.74) is 1.20. The molecule has 0 bridgehead atoms. The normalized spacial score (nSPS) is 12.9. The third-order valence-corrected chi connectivity index (χ3v) is 4.31. The van der Waals surface area contributed by atoms with Gasteiger partial charge in [-0.15, -0.1) is 11.3 Å². The molecule has 2 aromatic rings. The molecule has 4 heteroatoms. The Morgan fingerprint density at radius 3 is 2.88 bits per heavy atom. The number of furan rings is 1. The maximum atomic E-state index is 5.53. The fourth-order valence-corrected chi connectivity index (χ4v) is 3.23. The molecule has 0 aliphatic heterocycles. The van der Waals surface area contributed by atoms with Crippen molar-refractivity contribution in [2.24, 2.45) is 0 Å². The molecule has 0 aliphatic carbocycles. The topological polar surface area (TPSA) is 25.2 Å². The number of aryl methyl sites for hydroxylation is 1. The van der Waals surface area contributed by atoms with E-state index in [9.17, 15) is 0 Å². The monoisotopic (exact) mass is 299 g/mol. The molecular weight excluding hydrogens is 286 g/mol. The molecule has 0 spiro atoms. The minimum Gasteiger partial charge on any atom is -0.467 e. The molecule has 0 saturated carbocycles. The van der Waals surface area contributed by atoms with Crippen LogP contribution in [0.2, 0.25) is 0 Å². The van der Waals surface area contributed by atoms with Gasteiger partial charge in [0, 0.05) is 21.2 Å². The van der Waals surface area contributed by atoms with E-state index in [1.807, 2.05) is 13.1 Å². The third kappa shape index (κ3) is 2.56. The van der Waals surface area contributed by atoms with Crippen molar-refractivity contribution in [3.63, 3.8) is 0 Å². The fourth-order valence-electron chi connectivity index (χ4n) is 1.73. The second-order valence-electron chi connectivity index (χ2n) is 3.74. The summed E-state index contributed by atoms with van der Waals surface area (Å²) in [6.45, 7) is 2.08. The van der Waals surface area contributed by atoms with E-state index in [1.54, 1.807) is 17.6 Å². The summed E-state index contributed by atoms with van der Waals surface area (Å²) < 4.78 is 6.68. The Morgan fingerprint density at radius 1 is 1.56 bits per heavy atom. The smallest absolute Gasteiger partial charge is 0.123 e. The van der Waals surface area contributed by atoms with Gasteiger partial charge in [0.2, 0.25) is 0 Å². The lowest BCUT2D eigenvalue weighted by Crippen LogP contribution is -2.18. The summed E-state index contributed by atoms with van der Waals surface area (Å²) in [5.74, 6) is 1.03. The van der Waals surface area contributed by atoms with E-state index < -0.39 is 0 Å². The second-order valence-corrected chi connectivity index (χ2v) is 5.66. The first-order valence-corrected chi connectivity index (χ1v) is 6.82. The molecule has 0 aliphatic rings. The molecule has 0 radical (unpaired) electrons. The molecule has 1 N–H and O–H groups in total. The minimum absolute atomic E-state index is 0.251. The third-order valence-electron chi connectivity index (χ3n) is 2.59. The number of nitrogens with one attached hydrogen (secondary N) is 1. The SMILES string of the molecule is CNC(Cc1cc(Br)cs1)c1occc1C. The van der Waals surface area contributed by atoms with E-state index in [2.05, 4.69) is 39.6 Å². The molecule has 86 valence electrons. The van der Waals surface area contributed by atoms with Crippen LogP contribution in [0, 0.1) is 6.92 Å². The summed E-state index contributed by atoms with van der Waals surface area (Å²) in [6.07, 6.45) is 2.71. The molecule has 2 heterocycles. The van der Waals surface area contributed by atoms with Crippen LogP contribution in [-0.2, 0) is 6.42 Å². The van der Waals surface area contributed by atoms with Crippen LogP contribution in [0.15, 0.2) is 32.7 Å². The number of thiophene rings is 1. The van der Waals surface area contributed by atoms with Crippen molar-refractivity contribution < 1.29 is 4.42 Å². The number of halogens is 1. The average molecular weight is 300 g/mol. The molecular formula is C12H14BrNOS. The molecule has 0 aromatic carbocycles. The molecule has 2 aromatic heterocycles. The van der Waals surface area contributed by atoms with Gasteiger partial charge in [0.05, 0.1) is 12.3 Å². The van der Waals surface area contributed by atoms with Gasteiger partial charge in [0.15, 0.2) is 0 Å². The highest BCUT2D eigenvalue weighted by Gasteiger charge is 2.16. The number of hydrogen-bond donors (Lipinski definition) is 1. The Hall–Kier alpha value is -0.580. The maximum Gasteiger partial charge on any atom is 0.123 e. The summed E-state index contributed by atoms with van der Waals surface area (Å²) in [4.78, 5) is 1.35. The Morgan fingerprint density at radius 2 is 2.38 bits per heavy atom. The van der Waals surface area contributed by atoms with Crippen LogP contribution < -0.4 is 5.32 Å². The summed E-state index contributed by atoms with van der Waals surface area (Å²) >= 11 is 5.24. The van der Waals surface area contributed by atoms with Crippen molar-refractivity contribution in [1.82, 2.24) is 5.32 Å². The van der Waals surface area contributed by atoms with Crippen molar-refractivity contribution in [2.75, 3.05) is 7.05 Å². The van der Waals surface area contributed by atoms with Gasteiger partial charge in [0.1, 0.15) is 5.76 Å². The zero-order valence-electron chi connectivity index (χ0n) is 9.29. The van der Waals surface area contributed by atoms with Crippen molar-refractivity contribution in [1.29, 1.82) is 0 Å². The van der Waals surface area contributed by atoms with E-state index >= 15 is 0 Å². The molecule has 2 rings (SSSR count). The summed E-state index contributed by atoms with van der Waals surface area (Å²) in [7, 11) is 1.97. The molecule has 1 atom stereocenters. The first-order chi connectivity index (χ1) is 7.70. The lowest BCUT2D eigenvalue weighted by molar-refractivity contribution is 0.428. The van der Waals surface area contributed by atoms with E-state index in [0.29, 0.717) is 0 Å². The van der Waals surface area contributed by atoms with Crippen LogP contribution in [0.4, 0.5) is 0 Å². The highest BCUT2D eigenvalue weighted by Crippen LogP contribution is 2.27. The van der Waals surface area contributed by atoms with Crippen LogP contribution in [0.5, 0.6) is 0 Å². The fraction of sp³-hybridized carbons (Fsp3) is 0.333. The molecule has 0 amide bonds. The van der Waals surface area contributed by atoms with Gasteiger partial charge in [-0.2, -0.15) is 0 Å². The maximum absolute atomic E-state index is 5.53. The highest BCUT2D eigenvalue weighted by atomic mass is 79.9. The van der Waals surface area contributed by atoms with Gasteiger partial charge >= 0.3 is 0 Å². The standard InChI is InChI=1S/C12H14BrNOS/c1-8-3-4-15-12(8)11(14-2)6-10-5-9(13)7-16-10/h3-5,7,11,14H,6H2,1-2H3. The Balaban J connectivity index is 2.15. The van der Waals surface area contributed by atoms with Gasteiger partial charge in [0.25, 0.3) is 0 Å². The molecule has 0 saturated heterocycles. The molecule has 2 nitrogen and oxygen atoms in total. The van der Waals surface area contributed by atoms with E-state index in [1.165, 1.54) is 10.4 Å². The molecule has 0 fully saturated rings. The summed E-state index contributed by atoms with van der Waals surface area (Å²) in [6, 6.07) is 4.41. The molecule has 16 heavy (non-hydrogen) atoms. The van der Waals surface area contributed by atoms with Crippen molar-refractivity contribution in [3.8, 4) is 0 Å². The lowest BCUT2D eigenvalue weighted by Gasteiger charge is -2.13. The Bertz CT molecular complexity index is 463. The van der Waals surface area contributed by atoms with E-state index in [-0.39, 0.29) is 6.04 Å². The number of likely N-dealkylation sites (N-methyl/N-ethyl adjacent to an activating group) is 1. The van der Waals surface area contributed by atoms with Gasteiger partial charge in [-0.05, 0) is 47.6 Å². The lowest BCUT2D eigenvalue weighted by atomic mass is 10.1. The zero-order chi connectivity index (χ0) is 11.5. The van der Waals surface area contributed by atoms with Gasteiger partial charge < -0.3 is 9.73 Å². The van der Waals surface area contributed by atoms with Crippen molar-refractivity contribution in [2.45, 2.75) is 19.4 Å². The molecule has 1 unspecified atom stereocenters. The first kappa shape index (κ1) is 11.9. The van der Waals surface area contributed by atoms with Crippen LogP contribution >= 0.6 is 27.3 Å². The zero-order valence-corrected chi connectivity index (χ0v) is 11.7. The largest absolute Gasteiger partial charge is 0.467 e. The summed E-state index contributed by atoms with van der Waals surface area (Å²) in [5, 5.41) is 5.41. The minimum atomic E-state index is 0.251. The predicted octanol–water partition coefficient (Wildman–Crippen LogP) is 3.92. The second kappa shape index (κ2) is 5.17. The van der Waals surface area contributed by atoms with Gasteiger partial charge in [-0.3, -0.25) is 0 Å². The Kier molecular flexibility index (Phi) is 3.84. The first-order valence-electron chi connectivity index (χ1n) is 5.15. The van der Waals surface area contributed by atoms with Crippen LogP contribution in [0.25, 0.3) is 0 Å². The average Bonchev–Trinajstić information content (AvgIpc) is 2.84. The van der Waals surface area contributed by atoms with Crippen LogP contribution in [0.1, 0.15) is 22.2 Å². The highest BCUT2D eigenvalue weighted by molar-refractivity contribution is 9.10. The van der Waals surface area contributed by atoms with Crippen molar-refractivity contribution in [3.05, 3.63) is 44.4 Å². The van der Waals surface area contributed by atoms with Crippen LogP contribution in [0.3, 0.4) is 0 Å². The van der Waals surface area contributed by atoms with Crippen molar-refractivity contribution >= 4 is 27.3 Å². The number of hydrogen-bond acceptors (Lipinski definition) is 3. The van der Waals surface area contributed by atoms with Gasteiger partial charge in [-0.1, -0.05) is 0 Å². The van der Waals surface area contributed by atoms with Crippen LogP contribution in [-0.4, -0.2) is 7.05 Å². The number of rotatable bonds is 4. The van der Waals surface area contributed by atoms with E-state index in [0.717, 1.165) is 16.7 Å².